The molecular formula is C27H39NO2. The Hall–Kier alpha value is -2.39. The predicted octanol–water partition coefficient (Wildman–Crippen LogP) is 6.42. The van der Waals surface area contributed by atoms with E-state index in [1.807, 2.05) is 37.3 Å². The summed E-state index contributed by atoms with van der Waals surface area (Å²) in [5, 5.41) is 12.5. The normalized spacial score (nSPS) is 12.6. The van der Waals surface area contributed by atoms with E-state index in [4.69, 9.17) is 0 Å². The number of nitrogens with one attached hydrogen (secondary N) is 1. The zero-order valence-corrected chi connectivity index (χ0v) is 19.2. The van der Waals surface area contributed by atoms with Crippen molar-refractivity contribution in [2.75, 3.05) is 6.61 Å². The van der Waals surface area contributed by atoms with Crippen LogP contribution in [0, 0.1) is 0 Å². The molecular weight excluding hydrogens is 370 g/mol. The molecule has 0 fully saturated rings. The fourth-order valence-corrected chi connectivity index (χ4v) is 3.08. The maximum Gasteiger partial charge on any atom is 0.244 e. The van der Waals surface area contributed by atoms with Gasteiger partial charge in [-0.05, 0) is 77.4 Å². The van der Waals surface area contributed by atoms with Crippen LogP contribution in [0.25, 0.3) is 0 Å². The van der Waals surface area contributed by atoms with Crippen LogP contribution in [0.3, 0.4) is 0 Å². The molecule has 0 atom stereocenters. The minimum absolute atomic E-state index is 0.0589. The van der Waals surface area contributed by atoms with E-state index in [0.717, 1.165) is 55.2 Å². The minimum atomic E-state index is -0.0589. The molecule has 0 saturated heterocycles. The molecule has 1 amide bonds. The van der Waals surface area contributed by atoms with Crippen LogP contribution in [-0.4, -0.2) is 17.6 Å². The fourth-order valence-electron chi connectivity index (χ4n) is 3.08. The summed E-state index contributed by atoms with van der Waals surface area (Å²) in [6.07, 6.45) is 14.0. The number of carbonyl (C=O) groups is 1. The van der Waals surface area contributed by atoms with Crippen molar-refractivity contribution in [3.63, 3.8) is 0 Å². The van der Waals surface area contributed by atoms with E-state index in [0.29, 0.717) is 6.54 Å². The summed E-state index contributed by atoms with van der Waals surface area (Å²) in [6.45, 7) is 9.06. The van der Waals surface area contributed by atoms with Crippen LogP contribution >= 0.6 is 0 Å². The van der Waals surface area contributed by atoms with Crippen molar-refractivity contribution >= 4 is 5.91 Å². The van der Waals surface area contributed by atoms with E-state index in [9.17, 15) is 9.90 Å². The molecule has 0 aromatic heterocycles. The third-order valence-electron chi connectivity index (χ3n) is 4.91. The molecule has 1 aromatic carbocycles. The SMILES string of the molecule is CC(C)=CCCC(C)=CCCC(=CCCC(C)=CC(=O)NCc1ccccc1)CO. The largest absolute Gasteiger partial charge is 0.392 e. The Balaban J connectivity index is 2.35. The van der Waals surface area contributed by atoms with Gasteiger partial charge in [-0.2, -0.15) is 0 Å². The average molecular weight is 410 g/mol. The highest BCUT2D eigenvalue weighted by atomic mass is 16.3. The minimum Gasteiger partial charge on any atom is -0.392 e. The summed E-state index contributed by atoms with van der Waals surface area (Å²) in [6, 6.07) is 9.90. The van der Waals surface area contributed by atoms with Gasteiger partial charge in [0.1, 0.15) is 0 Å². The van der Waals surface area contributed by atoms with Crippen molar-refractivity contribution in [3.05, 3.63) is 82.5 Å². The van der Waals surface area contributed by atoms with Crippen molar-refractivity contribution in [2.24, 2.45) is 0 Å². The van der Waals surface area contributed by atoms with Crippen LogP contribution in [0.4, 0.5) is 0 Å². The van der Waals surface area contributed by atoms with E-state index in [2.05, 4.69) is 44.3 Å². The number of aliphatic hydroxyl groups is 1. The number of allylic oxidation sites excluding steroid dienone is 6. The molecule has 0 aliphatic rings. The Bertz CT molecular complexity index is 750. The van der Waals surface area contributed by atoms with Crippen LogP contribution in [0.5, 0.6) is 0 Å². The number of aliphatic hydroxyl groups excluding tert-OH is 1. The van der Waals surface area contributed by atoms with E-state index in [1.165, 1.54) is 11.1 Å². The fraction of sp³-hybridized carbons (Fsp3) is 0.444. The van der Waals surface area contributed by atoms with Gasteiger partial charge in [0, 0.05) is 12.6 Å². The molecule has 0 aliphatic heterocycles. The lowest BCUT2D eigenvalue weighted by atomic mass is 10.0. The molecule has 1 aromatic rings. The van der Waals surface area contributed by atoms with E-state index < -0.39 is 0 Å². The van der Waals surface area contributed by atoms with Crippen LogP contribution in [-0.2, 0) is 11.3 Å². The van der Waals surface area contributed by atoms with E-state index in [1.54, 1.807) is 6.08 Å². The van der Waals surface area contributed by atoms with Crippen molar-refractivity contribution in [3.8, 4) is 0 Å². The Labute approximate surface area is 183 Å². The Morgan fingerprint density at radius 3 is 2.17 bits per heavy atom. The number of carbonyl (C=O) groups excluding carboxylic acids is 1. The molecule has 1 rings (SSSR count). The monoisotopic (exact) mass is 409 g/mol. The molecule has 0 saturated carbocycles. The third kappa shape index (κ3) is 12.9. The van der Waals surface area contributed by atoms with Crippen molar-refractivity contribution in [2.45, 2.75) is 72.8 Å². The third-order valence-corrected chi connectivity index (χ3v) is 4.91. The lowest BCUT2D eigenvalue weighted by Crippen LogP contribution is -2.20. The summed E-state index contributed by atoms with van der Waals surface area (Å²) in [5.74, 6) is -0.0589. The van der Waals surface area contributed by atoms with Crippen LogP contribution in [0.1, 0.15) is 71.8 Å². The lowest BCUT2D eigenvalue weighted by Gasteiger charge is -2.05. The first-order valence-corrected chi connectivity index (χ1v) is 11.0. The average Bonchev–Trinajstić information content (AvgIpc) is 2.71. The highest BCUT2D eigenvalue weighted by Gasteiger charge is 2.00. The number of benzene rings is 1. The Kier molecular flexibility index (Phi) is 13.2. The maximum atomic E-state index is 12.0. The standard InChI is InChI=1S/C27H39NO2/c1-22(2)11-8-12-23(3)13-9-17-26(21-29)18-10-14-24(4)19-27(30)28-20-25-15-6-5-7-16-25/h5-7,11,13,15-16,18-19,29H,8-10,12,14,17,20-21H2,1-4H3,(H,28,30). The van der Waals surface area contributed by atoms with Gasteiger partial charge in [-0.1, -0.05) is 65.3 Å². The number of amides is 1. The quantitative estimate of drug-likeness (QED) is 0.292. The number of hydrogen-bond donors (Lipinski definition) is 2. The molecule has 2 N–H and O–H groups in total. The first-order valence-electron chi connectivity index (χ1n) is 11.0. The molecule has 0 aliphatic carbocycles. The van der Waals surface area contributed by atoms with Gasteiger partial charge in [0.2, 0.25) is 5.91 Å². The van der Waals surface area contributed by atoms with Gasteiger partial charge in [-0.3, -0.25) is 4.79 Å². The second-order valence-corrected chi connectivity index (χ2v) is 8.16. The van der Waals surface area contributed by atoms with Gasteiger partial charge in [0.15, 0.2) is 0 Å². The second kappa shape index (κ2) is 15.4. The summed E-state index contributed by atoms with van der Waals surface area (Å²) in [4.78, 5) is 12.0. The smallest absolute Gasteiger partial charge is 0.244 e. The zero-order chi connectivity index (χ0) is 22.2. The number of hydrogen-bond acceptors (Lipinski definition) is 2. The summed E-state index contributed by atoms with van der Waals surface area (Å²) < 4.78 is 0. The first-order chi connectivity index (χ1) is 14.4. The molecule has 0 heterocycles. The van der Waals surface area contributed by atoms with Crippen molar-refractivity contribution < 1.29 is 9.90 Å². The highest BCUT2D eigenvalue weighted by Crippen LogP contribution is 2.13. The van der Waals surface area contributed by atoms with Gasteiger partial charge >= 0.3 is 0 Å². The summed E-state index contributed by atoms with van der Waals surface area (Å²) in [7, 11) is 0. The van der Waals surface area contributed by atoms with Crippen molar-refractivity contribution in [1.82, 2.24) is 5.32 Å². The number of rotatable bonds is 13. The molecule has 3 heteroatoms. The predicted molar refractivity (Wildman–Crippen MR) is 128 cm³/mol. The molecule has 164 valence electrons. The summed E-state index contributed by atoms with van der Waals surface area (Å²) in [5.41, 5.74) is 5.99. The molecule has 0 spiro atoms. The van der Waals surface area contributed by atoms with E-state index in [-0.39, 0.29) is 12.5 Å². The van der Waals surface area contributed by atoms with Crippen molar-refractivity contribution in [1.29, 1.82) is 0 Å². The molecule has 0 unspecified atom stereocenters. The van der Waals surface area contributed by atoms with Gasteiger partial charge in [-0.15, -0.1) is 0 Å². The lowest BCUT2D eigenvalue weighted by molar-refractivity contribution is -0.116. The summed E-state index contributed by atoms with van der Waals surface area (Å²) >= 11 is 0. The van der Waals surface area contributed by atoms with Gasteiger partial charge < -0.3 is 10.4 Å². The van der Waals surface area contributed by atoms with E-state index >= 15 is 0 Å². The van der Waals surface area contributed by atoms with Gasteiger partial charge in [-0.25, -0.2) is 0 Å². The Morgan fingerprint density at radius 2 is 1.50 bits per heavy atom. The van der Waals surface area contributed by atoms with Crippen LogP contribution in [0.15, 0.2) is 76.9 Å². The van der Waals surface area contributed by atoms with Gasteiger partial charge in [0.05, 0.1) is 6.61 Å². The second-order valence-electron chi connectivity index (χ2n) is 8.16. The zero-order valence-electron chi connectivity index (χ0n) is 19.2. The molecule has 3 nitrogen and oxygen atoms in total. The topological polar surface area (TPSA) is 49.3 Å². The molecule has 0 radical (unpaired) electrons. The molecule has 30 heavy (non-hydrogen) atoms. The Morgan fingerprint density at radius 1 is 0.867 bits per heavy atom. The highest BCUT2D eigenvalue weighted by molar-refractivity contribution is 5.88. The van der Waals surface area contributed by atoms with Crippen LogP contribution in [0.2, 0.25) is 0 Å². The van der Waals surface area contributed by atoms with Gasteiger partial charge in [0.25, 0.3) is 0 Å². The molecule has 0 bridgehead atoms. The first kappa shape index (κ1) is 25.6. The maximum absolute atomic E-state index is 12.0. The van der Waals surface area contributed by atoms with Crippen LogP contribution < -0.4 is 5.32 Å².